The highest BCUT2D eigenvalue weighted by atomic mass is 19.4. The second-order valence-corrected chi connectivity index (χ2v) is 5.88. The second-order valence-electron chi connectivity index (χ2n) is 5.88. The maximum absolute atomic E-state index is 13.2. The fraction of sp³-hybridized carbons (Fsp3) is 0.529. The lowest BCUT2D eigenvalue weighted by atomic mass is 10.00. The summed E-state index contributed by atoms with van der Waals surface area (Å²) in [5.41, 5.74) is 0.812. The number of ether oxygens (including phenoxy) is 2. The van der Waals surface area contributed by atoms with E-state index in [2.05, 4.69) is 11.0 Å². The van der Waals surface area contributed by atoms with Crippen LogP contribution in [0.1, 0.15) is 23.7 Å². The molecule has 1 saturated heterocycles. The molecule has 0 spiro atoms. The fourth-order valence-corrected chi connectivity index (χ4v) is 3.08. The Hall–Kier alpha value is -1.37. The van der Waals surface area contributed by atoms with Crippen LogP contribution in [0.15, 0.2) is 35.9 Å². The summed E-state index contributed by atoms with van der Waals surface area (Å²) in [7, 11) is 0. The third-order valence-electron chi connectivity index (χ3n) is 4.17. The zero-order valence-corrected chi connectivity index (χ0v) is 12.8. The van der Waals surface area contributed by atoms with Crippen molar-refractivity contribution in [3.05, 3.63) is 47.0 Å². The molecule has 0 aromatic heterocycles. The van der Waals surface area contributed by atoms with Gasteiger partial charge in [0.2, 0.25) is 0 Å². The molecule has 2 aliphatic heterocycles. The molecule has 1 aromatic carbocycles. The minimum absolute atomic E-state index is 0.221. The van der Waals surface area contributed by atoms with Crippen LogP contribution in [-0.2, 0) is 15.7 Å². The molecule has 3 rings (SSSR count). The monoisotopic (exact) mass is 327 g/mol. The van der Waals surface area contributed by atoms with Crippen LogP contribution in [0.25, 0.3) is 0 Å². The molecule has 0 amide bonds. The Morgan fingerprint density at radius 3 is 2.74 bits per heavy atom. The van der Waals surface area contributed by atoms with E-state index >= 15 is 0 Å². The number of morpholine rings is 1. The van der Waals surface area contributed by atoms with Crippen LogP contribution in [0.2, 0.25) is 0 Å². The normalized spacial score (nSPS) is 23.6. The molecule has 1 atom stereocenters. The van der Waals surface area contributed by atoms with Crippen molar-refractivity contribution >= 4 is 0 Å². The quantitative estimate of drug-likeness (QED) is 0.794. The number of hydrogen-bond donors (Lipinski definition) is 0. The van der Waals surface area contributed by atoms with E-state index < -0.39 is 17.8 Å². The summed E-state index contributed by atoms with van der Waals surface area (Å²) in [6.07, 6.45) is -1.84. The molecular weight excluding hydrogens is 307 g/mol. The lowest BCUT2D eigenvalue weighted by Gasteiger charge is -2.35. The van der Waals surface area contributed by atoms with Gasteiger partial charge in [0.25, 0.3) is 0 Å². The van der Waals surface area contributed by atoms with Gasteiger partial charge in [-0.25, -0.2) is 0 Å². The molecule has 1 aromatic rings. The minimum Gasteiger partial charge on any atom is -0.377 e. The van der Waals surface area contributed by atoms with Gasteiger partial charge in [0.05, 0.1) is 31.5 Å². The highest BCUT2D eigenvalue weighted by Gasteiger charge is 2.36. The highest BCUT2D eigenvalue weighted by Crippen LogP contribution is 2.36. The first-order chi connectivity index (χ1) is 11.0. The van der Waals surface area contributed by atoms with E-state index in [1.165, 1.54) is 17.7 Å². The Morgan fingerprint density at radius 2 is 2.00 bits per heavy atom. The Balaban J connectivity index is 1.73. The van der Waals surface area contributed by atoms with Crippen LogP contribution in [0.3, 0.4) is 0 Å². The van der Waals surface area contributed by atoms with Gasteiger partial charge in [0.1, 0.15) is 0 Å². The maximum Gasteiger partial charge on any atom is 0.416 e. The van der Waals surface area contributed by atoms with Crippen LogP contribution in [0, 0.1) is 0 Å². The van der Waals surface area contributed by atoms with Gasteiger partial charge in [-0.2, -0.15) is 13.2 Å². The molecule has 2 heterocycles. The molecule has 0 N–H and O–H groups in total. The van der Waals surface area contributed by atoms with Gasteiger partial charge in [0, 0.05) is 19.6 Å². The molecule has 6 heteroatoms. The van der Waals surface area contributed by atoms with Crippen molar-refractivity contribution in [1.82, 2.24) is 4.90 Å². The van der Waals surface area contributed by atoms with Crippen LogP contribution < -0.4 is 0 Å². The average Bonchev–Trinajstić information content (AvgIpc) is 2.55. The molecular formula is C17H20F3NO2. The zero-order valence-electron chi connectivity index (χ0n) is 12.8. The fourth-order valence-electron chi connectivity index (χ4n) is 3.08. The molecule has 0 unspecified atom stereocenters. The smallest absolute Gasteiger partial charge is 0.377 e. The van der Waals surface area contributed by atoms with Gasteiger partial charge >= 0.3 is 6.18 Å². The van der Waals surface area contributed by atoms with Gasteiger partial charge in [-0.05, 0) is 23.6 Å². The Labute approximate surface area is 133 Å². The standard InChI is InChI=1S/C17H20F3NO2/c18-17(19,20)15-6-2-1-5-14(15)16-11-21(7-9-23-16)10-13-4-3-8-22-12-13/h1-2,4-6,16H,3,7-12H2/t16-/m0/s1. The highest BCUT2D eigenvalue weighted by molar-refractivity contribution is 5.32. The predicted molar refractivity (Wildman–Crippen MR) is 80.1 cm³/mol. The van der Waals surface area contributed by atoms with Gasteiger partial charge in [-0.1, -0.05) is 24.3 Å². The van der Waals surface area contributed by atoms with E-state index in [0.29, 0.717) is 19.8 Å². The largest absolute Gasteiger partial charge is 0.416 e. The summed E-state index contributed by atoms with van der Waals surface area (Å²) >= 11 is 0. The molecule has 1 fully saturated rings. The first-order valence-corrected chi connectivity index (χ1v) is 7.80. The van der Waals surface area contributed by atoms with E-state index in [4.69, 9.17) is 9.47 Å². The topological polar surface area (TPSA) is 21.7 Å². The number of halogens is 3. The first-order valence-electron chi connectivity index (χ1n) is 7.80. The van der Waals surface area contributed by atoms with Crippen molar-refractivity contribution in [2.75, 3.05) is 39.5 Å². The van der Waals surface area contributed by atoms with E-state index in [9.17, 15) is 13.2 Å². The molecule has 0 saturated carbocycles. The van der Waals surface area contributed by atoms with Crippen LogP contribution in [0.5, 0.6) is 0 Å². The second kappa shape index (κ2) is 7.03. The number of nitrogens with zero attached hydrogens (tertiary/aromatic N) is 1. The summed E-state index contributed by atoms with van der Waals surface area (Å²) in [5, 5.41) is 0. The number of rotatable bonds is 3. The number of benzene rings is 1. The summed E-state index contributed by atoms with van der Waals surface area (Å²) in [6.45, 7) is 3.71. The lowest BCUT2D eigenvalue weighted by molar-refractivity contribution is -0.140. The predicted octanol–water partition coefficient (Wildman–Crippen LogP) is 3.43. The van der Waals surface area contributed by atoms with Gasteiger partial charge < -0.3 is 9.47 Å². The summed E-state index contributed by atoms with van der Waals surface area (Å²) in [6, 6.07) is 5.68. The molecule has 126 valence electrons. The van der Waals surface area contributed by atoms with E-state index in [1.54, 1.807) is 6.07 Å². The van der Waals surface area contributed by atoms with E-state index in [0.717, 1.165) is 32.2 Å². The Kier molecular flexibility index (Phi) is 5.04. The van der Waals surface area contributed by atoms with Gasteiger partial charge in [-0.15, -0.1) is 0 Å². The zero-order chi connectivity index (χ0) is 16.3. The number of alkyl halides is 3. The summed E-state index contributed by atoms with van der Waals surface area (Å²) in [4.78, 5) is 2.14. The first kappa shape index (κ1) is 16.5. The Morgan fingerprint density at radius 1 is 1.17 bits per heavy atom. The van der Waals surface area contributed by atoms with Crippen molar-refractivity contribution < 1.29 is 22.6 Å². The van der Waals surface area contributed by atoms with Crippen LogP contribution >= 0.6 is 0 Å². The van der Waals surface area contributed by atoms with Crippen LogP contribution in [-0.4, -0.2) is 44.4 Å². The van der Waals surface area contributed by atoms with E-state index in [1.807, 2.05) is 0 Å². The minimum atomic E-state index is -4.36. The molecule has 2 aliphatic rings. The van der Waals surface area contributed by atoms with Crippen molar-refractivity contribution in [3.63, 3.8) is 0 Å². The summed E-state index contributed by atoms with van der Waals surface area (Å²) < 4.78 is 50.6. The molecule has 0 aliphatic carbocycles. The maximum atomic E-state index is 13.2. The van der Waals surface area contributed by atoms with Gasteiger partial charge in [0.15, 0.2) is 0 Å². The van der Waals surface area contributed by atoms with Crippen LogP contribution in [0.4, 0.5) is 13.2 Å². The van der Waals surface area contributed by atoms with Crippen molar-refractivity contribution in [1.29, 1.82) is 0 Å². The molecule has 0 radical (unpaired) electrons. The van der Waals surface area contributed by atoms with Gasteiger partial charge in [-0.3, -0.25) is 4.90 Å². The number of hydrogen-bond acceptors (Lipinski definition) is 3. The molecule has 3 nitrogen and oxygen atoms in total. The third-order valence-corrected chi connectivity index (χ3v) is 4.17. The SMILES string of the molecule is FC(F)(F)c1ccccc1[C@@H]1CN(CC2=CCCOC2)CCO1. The Bertz CT molecular complexity index is 571. The summed E-state index contributed by atoms with van der Waals surface area (Å²) in [5.74, 6) is 0. The van der Waals surface area contributed by atoms with Crippen molar-refractivity contribution in [2.45, 2.75) is 18.7 Å². The lowest BCUT2D eigenvalue weighted by Crippen LogP contribution is -2.40. The molecule has 23 heavy (non-hydrogen) atoms. The van der Waals surface area contributed by atoms with E-state index in [-0.39, 0.29) is 5.56 Å². The third kappa shape index (κ3) is 4.13. The van der Waals surface area contributed by atoms with Crippen molar-refractivity contribution in [3.8, 4) is 0 Å². The molecule has 0 bridgehead atoms. The van der Waals surface area contributed by atoms with Crippen molar-refractivity contribution in [2.24, 2.45) is 0 Å². The average molecular weight is 327 g/mol.